The molecule has 428 valence electrons. The highest BCUT2D eigenvalue weighted by molar-refractivity contribution is 6.09. The van der Waals surface area contributed by atoms with Gasteiger partial charge in [0.05, 0.1) is 24.2 Å². The van der Waals surface area contributed by atoms with Gasteiger partial charge in [0.25, 0.3) is 5.91 Å². The van der Waals surface area contributed by atoms with E-state index in [1.54, 1.807) is 49.4 Å². The zero-order valence-corrected chi connectivity index (χ0v) is 46.7. The number of nitrogens with zero attached hydrogens (tertiary/aromatic N) is 3. The minimum Gasteiger partial charge on any atom is -0.508 e. The number of carboxylic acid groups (broad SMARTS) is 1. The van der Waals surface area contributed by atoms with Crippen molar-refractivity contribution in [2.75, 3.05) is 65.9 Å². The molecule has 0 spiro atoms. The van der Waals surface area contributed by atoms with Crippen LogP contribution in [0.2, 0.25) is 0 Å². The van der Waals surface area contributed by atoms with Gasteiger partial charge in [-0.15, -0.1) is 0 Å². The van der Waals surface area contributed by atoms with E-state index in [4.69, 9.17) is 14.9 Å². The van der Waals surface area contributed by atoms with E-state index in [1.165, 1.54) is 18.2 Å². The van der Waals surface area contributed by atoms with Crippen LogP contribution >= 0.6 is 0 Å². The predicted octanol–water partition coefficient (Wildman–Crippen LogP) is 6.15. The molecule has 10 N–H and O–H groups in total. The van der Waals surface area contributed by atoms with Gasteiger partial charge in [0.15, 0.2) is 5.96 Å². The van der Waals surface area contributed by atoms with Gasteiger partial charge < -0.3 is 56.6 Å². The van der Waals surface area contributed by atoms with Crippen LogP contribution in [0.4, 0.5) is 10.5 Å². The normalized spacial score (nSPS) is 11.9. The molecule has 0 aromatic heterocycles. The molecule has 1 heterocycles. The summed E-state index contributed by atoms with van der Waals surface area (Å²) >= 11 is 0. The van der Waals surface area contributed by atoms with Crippen molar-refractivity contribution >= 4 is 58.2 Å². The monoisotopic (exact) mass is 1120 g/mol. The van der Waals surface area contributed by atoms with Crippen molar-refractivity contribution in [2.24, 2.45) is 10.7 Å². The highest BCUT2D eigenvalue weighted by atomic mass is 16.5. The van der Waals surface area contributed by atoms with E-state index in [0.717, 1.165) is 27.6 Å². The van der Waals surface area contributed by atoms with Crippen LogP contribution in [0.5, 0.6) is 11.5 Å². The first-order valence-corrected chi connectivity index (χ1v) is 27.1. The van der Waals surface area contributed by atoms with E-state index in [9.17, 15) is 39.0 Å². The number of guanidine groups is 1. The molecule has 6 amide bonds. The fraction of sp³-hybridized carbons (Fsp3) is 0.290. The maximum atomic E-state index is 14.5. The number of ether oxygens (including phenoxy) is 1. The number of nitrogens with two attached hydrogens (primary N) is 1. The molecule has 2 atom stereocenters. The molecule has 0 radical (unpaired) electrons. The zero-order chi connectivity index (χ0) is 58.7. The minimum absolute atomic E-state index is 0.0283. The first-order chi connectivity index (χ1) is 39.5. The summed E-state index contributed by atoms with van der Waals surface area (Å²) in [5.41, 5.74) is 11.5. The summed E-state index contributed by atoms with van der Waals surface area (Å²) in [6.45, 7) is 2.97. The Bertz CT molecular complexity index is 3470. The lowest BCUT2D eigenvalue weighted by atomic mass is 9.89. The number of hydrogen-bond donors (Lipinski definition) is 9. The average Bonchev–Trinajstić information content (AvgIpc) is 3.35. The van der Waals surface area contributed by atoms with Crippen LogP contribution in [0.25, 0.3) is 33.4 Å². The lowest BCUT2D eigenvalue weighted by Gasteiger charge is -2.23. The SMILES string of the molecule is CCC(=O)NCCNC(=O)NC(N)=NCCC[C@@H](NC(=O)[C@@H](c1ccccc1)c1cccc(OCCCCNC(=O)c2ccc(-c3c4ccc(=[N+](C)C)cc-4oc4cc(N(C)C)ccc34)c(C(=O)O)c2)c1)C(=O)NCc1ccc(O)cc1. The van der Waals surface area contributed by atoms with Crippen molar-refractivity contribution in [3.63, 3.8) is 0 Å². The third-order valence-corrected chi connectivity index (χ3v) is 13.5. The molecule has 5 aromatic rings. The van der Waals surface area contributed by atoms with E-state index in [2.05, 4.69) is 36.9 Å². The topological polar surface area (TPSA) is 282 Å². The molecule has 0 bridgehead atoms. The van der Waals surface area contributed by atoms with Gasteiger partial charge >= 0.3 is 12.0 Å². The Hall–Kier alpha value is -9.72. The number of rotatable bonds is 25. The van der Waals surface area contributed by atoms with Crippen LogP contribution in [0, 0.1) is 0 Å². The number of phenolic OH excluding ortho intramolecular Hbond substituents is 1. The number of hydrogen-bond acceptors (Lipinski definition) is 11. The number of anilines is 1. The average molecular weight is 1120 g/mol. The van der Waals surface area contributed by atoms with Crippen molar-refractivity contribution in [1.82, 2.24) is 36.5 Å². The van der Waals surface area contributed by atoms with Crippen LogP contribution in [-0.4, -0.2) is 119 Å². The summed E-state index contributed by atoms with van der Waals surface area (Å²) in [5, 5.41) is 38.4. The van der Waals surface area contributed by atoms with Gasteiger partial charge in [0.1, 0.15) is 43.0 Å². The standard InChI is InChI=1S/C62H70N10O10/c1-6-54(74)64-31-32-67-62(80)70-61(63)66-30-13-18-51(58(76)68-38-39-19-24-45(73)25-20-39)69-59(77)55(40-14-8-7-9-15-40)41-16-12-17-46(34-41)81-33-11-10-29-65-57(75)42-21-26-47(50(35-42)60(78)79)56-48-27-22-43(71(2)3)36-52(48)82-53-37-44(72(4)5)23-28-49(53)56/h7-9,12,14-17,19-28,34-37,51,55H,6,10-11,13,18,29-33,38H2,1-5H3,(H9-,63,64,65,66,67,68,69,70,73,74,75,76,77,78,79,80)/p+1/t51-,55+/m1/s1. The molecule has 5 aromatic carbocycles. The Morgan fingerprint density at radius 1 is 0.744 bits per heavy atom. The van der Waals surface area contributed by atoms with Crippen molar-refractivity contribution in [3.05, 3.63) is 167 Å². The number of aliphatic imine (C=N–C) groups is 1. The maximum Gasteiger partial charge on any atom is 0.336 e. The summed E-state index contributed by atoms with van der Waals surface area (Å²) in [6.07, 6.45) is 1.88. The molecule has 2 aliphatic rings. The number of amides is 6. The summed E-state index contributed by atoms with van der Waals surface area (Å²) in [7, 11) is 7.73. The predicted molar refractivity (Wildman–Crippen MR) is 316 cm³/mol. The minimum atomic E-state index is -1.18. The zero-order valence-electron chi connectivity index (χ0n) is 46.7. The van der Waals surface area contributed by atoms with Gasteiger partial charge in [-0.25, -0.2) is 14.2 Å². The summed E-state index contributed by atoms with van der Waals surface area (Å²) in [6, 6.07) is 37.4. The summed E-state index contributed by atoms with van der Waals surface area (Å²) in [4.78, 5) is 84.8. The second kappa shape index (κ2) is 28.9. The highest BCUT2D eigenvalue weighted by Crippen LogP contribution is 2.42. The third kappa shape index (κ3) is 16.4. The Morgan fingerprint density at radius 2 is 1.49 bits per heavy atom. The molecule has 20 heteroatoms. The number of aromatic hydroxyl groups is 1. The van der Waals surface area contributed by atoms with E-state index in [0.29, 0.717) is 71.6 Å². The highest BCUT2D eigenvalue weighted by Gasteiger charge is 2.29. The van der Waals surface area contributed by atoms with Crippen LogP contribution < -0.4 is 57.2 Å². The molecule has 0 saturated heterocycles. The number of carboxylic acids is 1. The van der Waals surface area contributed by atoms with Gasteiger partial charge in [0.2, 0.25) is 23.1 Å². The van der Waals surface area contributed by atoms with E-state index in [-0.39, 0.29) is 67.9 Å². The second-order valence-electron chi connectivity index (χ2n) is 19.9. The van der Waals surface area contributed by atoms with Gasteiger partial charge in [-0.2, -0.15) is 0 Å². The molecule has 1 aliphatic heterocycles. The van der Waals surface area contributed by atoms with E-state index >= 15 is 0 Å². The molecule has 7 rings (SSSR count). The van der Waals surface area contributed by atoms with Gasteiger partial charge in [-0.05, 0) is 103 Å². The number of carbonyl (C=O) groups is 6. The Kier molecular flexibility index (Phi) is 21.2. The van der Waals surface area contributed by atoms with E-state index in [1.807, 2.05) is 110 Å². The number of nitrogens with one attached hydrogen (secondary N) is 6. The smallest absolute Gasteiger partial charge is 0.336 e. The Labute approximate surface area is 475 Å². The van der Waals surface area contributed by atoms with Crippen molar-refractivity contribution in [3.8, 4) is 33.9 Å². The molecular formula is C62H71N10O10+. The largest absolute Gasteiger partial charge is 0.508 e. The number of fused-ring (bicyclic) bond motifs is 2. The van der Waals surface area contributed by atoms with Crippen LogP contribution in [-0.2, 0) is 20.9 Å². The molecule has 1 aliphatic carbocycles. The molecule has 0 saturated carbocycles. The lowest BCUT2D eigenvalue weighted by Crippen LogP contribution is -2.48. The van der Waals surface area contributed by atoms with Crippen LogP contribution in [0.15, 0.2) is 143 Å². The third-order valence-electron chi connectivity index (χ3n) is 13.5. The van der Waals surface area contributed by atoms with Gasteiger partial charge in [-0.1, -0.05) is 67.6 Å². The lowest BCUT2D eigenvalue weighted by molar-refractivity contribution is -0.129. The number of unbranched alkanes of at least 4 members (excludes halogenated alkanes) is 1. The number of benzene rings is 6. The quantitative estimate of drug-likeness (QED) is 0.0103. The van der Waals surface area contributed by atoms with Crippen molar-refractivity contribution < 1.29 is 48.1 Å². The van der Waals surface area contributed by atoms with Gasteiger partial charge in [0, 0.05) is 93.1 Å². The summed E-state index contributed by atoms with van der Waals surface area (Å²) < 4.78 is 14.6. The number of carbonyl (C=O) groups excluding carboxylic acids is 5. The van der Waals surface area contributed by atoms with Crippen molar-refractivity contribution in [2.45, 2.75) is 57.5 Å². The number of phenols is 1. The molecule has 82 heavy (non-hydrogen) atoms. The Morgan fingerprint density at radius 3 is 2.22 bits per heavy atom. The molecule has 20 nitrogen and oxygen atoms in total. The molecule has 0 fully saturated rings. The van der Waals surface area contributed by atoms with E-state index < -0.39 is 41.7 Å². The first kappa shape index (κ1) is 59.9. The maximum absolute atomic E-state index is 14.5. The number of urea groups is 1. The fourth-order valence-electron chi connectivity index (χ4n) is 9.09. The van der Waals surface area contributed by atoms with Crippen LogP contribution in [0.3, 0.4) is 0 Å². The number of aromatic carboxylic acids is 1. The van der Waals surface area contributed by atoms with Gasteiger partial charge in [-0.3, -0.25) is 29.5 Å². The van der Waals surface area contributed by atoms with Crippen LogP contribution in [0.1, 0.15) is 82.4 Å². The molecule has 0 unspecified atom stereocenters. The fourth-order valence-corrected chi connectivity index (χ4v) is 9.09. The second-order valence-corrected chi connectivity index (χ2v) is 19.9. The summed E-state index contributed by atoms with van der Waals surface area (Å²) in [5.74, 6) is -2.47. The first-order valence-electron chi connectivity index (χ1n) is 27.1. The molecular weight excluding hydrogens is 1040 g/mol. The Balaban J connectivity index is 0.980. The van der Waals surface area contributed by atoms with Crippen molar-refractivity contribution in [1.29, 1.82) is 0 Å².